The monoisotopic (exact) mass is 392 g/mol. The summed E-state index contributed by atoms with van der Waals surface area (Å²) in [6.45, 7) is 4.29. The SMILES string of the molecule is CC(C)(CCO)C(=O)NCCC(=O)N1Cc2ccccc2/C=C\c2ccccc21. The molecule has 0 atom stereocenters. The summed E-state index contributed by atoms with van der Waals surface area (Å²) in [6.07, 6.45) is 4.71. The van der Waals surface area contributed by atoms with Gasteiger partial charge in [0.25, 0.3) is 0 Å². The third-order valence-corrected chi connectivity index (χ3v) is 5.33. The lowest BCUT2D eigenvalue weighted by Gasteiger charge is -2.27. The highest BCUT2D eigenvalue weighted by Crippen LogP contribution is 2.29. The van der Waals surface area contributed by atoms with Gasteiger partial charge in [0.1, 0.15) is 0 Å². The third kappa shape index (κ3) is 4.93. The average Bonchev–Trinajstić information content (AvgIpc) is 2.69. The maximum Gasteiger partial charge on any atom is 0.229 e. The Morgan fingerprint density at radius 2 is 1.69 bits per heavy atom. The summed E-state index contributed by atoms with van der Waals surface area (Å²) in [6, 6.07) is 15.9. The van der Waals surface area contributed by atoms with E-state index in [2.05, 4.69) is 11.4 Å². The van der Waals surface area contributed by atoms with E-state index in [4.69, 9.17) is 5.11 Å². The topological polar surface area (TPSA) is 69.6 Å². The zero-order valence-corrected chi connectivity index (χ0v) is 17.0. The van der Waals surface area contributed by atoms with Gasteiger partial charge in [0.15, 0.2) is 0 Å². The summed E-state index contributed by atoms with van der Waals surface area (Å²) in [5.41, 5.74) is 3.38. The molecule has 0 spiro atoms. The summed E-state index contributed by atoms with van der Waals surface area (Å²) < 4.78 is 0. The first-order valence-electron chi connectivity index (χ1n) is 9.97. The quantitative estimate of drug-likeness (QED) is 0.789. The highest BCUT2D eigenvalue weighted by molar-refractivity contribution is 5.97. The number of fused-ring (bicyclic) bond motifs is 2. The van der Waals surface area contributed by atoms with Crippen LogP contribution >= 0.6 is 0 Å². The second kappa shape index (κ2) is 9.05. The summed E-state index contributed by atoms with van der Waals surface area (Å²) in [7, 11) is 0. The van der Waals surface area contributed by atoms with E-state index in [0.29, 0.717) is 13.0 Å². The van der Waals surface area contributed by atoms with Crippen molar-refractivity contribution in [1.82, 2.24) is 5.32 Å². The van der Waals surface area contributed by atoms with Crippen LogP contribution < -0.4 is 10.2 Å². The Morgan fingerprint density at radius 1 is 1.03 bits per heavy atom. The van der Waals surface area contributed by atoms with Crippen molar-refractivity contribution in [2.45, 2.75) is 33.2 Å². The molecule has 0 aromatic heterocycles. The molecule has 152 valence electrons. The Labute approximate surface area is 172 Å². The van der Waals surface area contributed by atoms with Gasteiger partial charge in [-0.25, -0.2) is 0 Å². The minimum absolute atomic E-state index is 0.0391. The van der Waals surface area contributed by atoms with Gasteiger partial charge in [0.05, 0.1) is 12.2 Å². The molecular formula is C24H28N2O3. The molecule has 0 bridgehead atoms. The van der Waals surface area contributed by atoms with Gasteiger partial charge in [-0.2, -0.15) is 0 Å². The first-order chi connectivity index (χ1) is 13.9. The van der Waals surface area contributed by atoms with Gasteiger partial charge in [-0.1, -0.05) is 68.5 Å². The van der Waals surface area contributed by atoms with Crippen LogP contribution in [0, 0.1) is 5.41 Å². The smallest absolute Gasteiger partial charge is 0.229 e. The van der Waals surface area contributed by atoms with Gasteiger partial charge in [0, 0.05) is 25.0 Å². The number of hydrogen-bond acceptors (Lipinski definition) is 3. The van der Waals surface area contributed by atoms with Crippen molar-refractivity contribution in [3.05, 3.63) is 65.2 Å². The largest absolute Gasteiger partial charge is 0.396 e. The maximum atomic E-state index is 13.1. The Kier molecular flexibility index (Phi) is 6.49. The first-order valence-corrected chi connectivity index (χ1v) is 9.97. The fraction of sp³-hybridized carbons (Fsp3) is 0.333. The van der Waals surface area contributed by atoms with Gasteiger partial charge in [-0.3, -0.25) is 9.59 Å². The molecule has 2 aromatic rings. The standard InChI is InChI=1S/C24H28N2O3/c1-24(2,14-16-27)23(29)25-15-13-22(28)26-17-20-9-4-3-7-18(20)11-12-19-8-5-6-10-21(19)26/h3-12,27H,13-17H2,1-2H3,(H,25,29)/b12-11-. The van der Waals surface area contributed by atoms with Crippen LogP contribution in [0.25, 0.3) is 12.2 Å². The fourth-order valence-electron chi connectivity index (χ4n) is 3.42. The molecule has 0 fully saturated rings. The van der Waals surface area contributed by atoms with Crippen molar-refractivity contribution in [3.63, 3.8) is 0 Å². The highest BCUT2D eigenvalue weighted by atomic mass is 16.3. The van der Waals surface area contributed by atoms with Crippen molar-refractivity contribution < 1.29 is 14.7 Å². The second-order valence-corrected chi connectivity index (χ2v) is 7.93. The van der Waals surface area contributed by atoms with Gasteiger partial charge < -0.3 is 15.3 Å². The van der Waals surface area contributed by atoms with Gasteiger partial charge in [0.2, 0.25) is 11.8 Å². The molecule has 29 heavy (non-hydrogen) atoms. The van der Waals surface area contributed by atoms with Crippen molar-refractivity contribution in [1.29, 1.82) is 0 Å². The lowest BCUT2D eigenvalue weighted by Crippen LogP contribution is -2.40. The van der Waals surface area contributed by atoms with Crippen LogP contribution in [0.2, 0.25) is 0 Å². The minimum atomic E-state index is -0.658. The molecule has 1 heterocycles. The molecule has 5 nitrogen and oxygen atoms in total. The van der Waals surface area contributed by atoms with Crippen LogP contribution in [0.4, 0.5) is 5.69 Å². The number of aliphatic hydroxyl groups excluding tert-OH is 1. The van der Waals surface area contributed by atoms with E-state index in [9.17, 15) is 9.59 Å². The second-order valence-electron chi connectivity index (χ2n) is 7.93. The fourth-order valence-corrected chi connectivity index (χ4v) is 3.42. The molecule has 1 aliphatic rings. The van der Waals surface area contributed by atoms with Crippen LogP contribution in [-0.2, 0) is 16.1 Å². The van der Waals surface area contributed by atoms with E-state index in [1.54, 1.807) is 18.7 Å². The molecule has 0 unspecified atom stereocenters. The molecule has 5 heteroatoms. The molecule has 2 N–H and O–H groups in total. The molecule has 0 saturated carbocycles. The van der Waals surface area contributed by atoms with Crippen molar-refractivity contribution in [3.8, 4) is 0 Å². The van der Waals surface area contributed by atoms with Crippen LogP contribution in [0.1, 0.15) is 43.4 Å². The van der Waals surface area contributed by atoms with Crippen LogP contribution in [0.3, 0.4) is 0 Å². The predicted octanol–water partition coefficient (Wildman–Crippen LogP) is 3.62. The molecule has 2 aromatic carbocycles. The molecule has 0 radical (unpaired) electrons. The number of amides is 2. The number of benzene rings is 2. The van der Waals surface area contributed by atoms with Gasteiger partial charge in [-0.05, 0) is 29.2 Å². The first kappa shape index (κ1) is 20.8. The highest BCUT2D eigenvalue weighted by Gasteiger charge is 2.27. The number of hydrogen-bond donors (Lipinski definition) is 2. The van der Waals surface area contributed by atoms with Gasteiger partial charge >= 0.3 is 0 Å². The Bertz CT molecular complexity index is 918. The summed E-state index contributed by atoms with van der Waals surface area (Å²) >= 11 is 0. The molecule has 0 aliphatic carbocycles. The van der Waals surface area contributed by atoms with Gasteiger partial charge in [-0.15, -0.1) is 0 Å². The number of aliphatic hydroxyl groups is 1. The van der Waals surface area contributed by atoms with E-state index in [0.717, 1.165) is 22.4 Å². The van der Waals surface area contributed by atoms with Crippen molar-refractivity contribution >= 4 is 29.7 Å². The van der Waals surface area contributed by atoms with Crippen LogP contribution in [-0.4, -0.2) is 30.1 Å². The minimum Gasteiger partial charge on any atom is -0.396 e. The molecule has 3 rings (SSSR count). The summed E-state index contributed by atoms with van der Waals surface area (Å²) in [5.74, 6) is -0.191. The molecule has 0 saturated heterocycles. The molecule has 2 amide bonds. The maximum absolute atomic E-state index is 13.1. The normalized spacial score (nSPS) is 14.2. The van der Waals surface area contributed by atoms with Crippen LogP contribution in [0.15, 0.2) is 48.5 Å². The lowest BCUT2D eigenvalue weighted by atomic mass is 9.88. The van der Waals surface area contributed by atoms with E-state index >= 15 is 0 Å². The zero-order valence-electron chi connectivity index (χ0n) is 17.0. The zero-order chi connectivity index (χ0) is 20.9. The number of rotatable bonds is 6. The van der Waals surface area contributed by atoms with Crippen molar-refractivity contribution in [2.75, 3.05) is 18.1 Å². The Morgan fingerprint density at radius 3 is 2.45 bits per heavy atom. The molecular weight excluding hydrogens is 364 g/mol. The number of carbonyl (C=O) groups is 2. The summed E-state index contributed by atoms with van der Waals surface area (Å²) in [5, 5.41) is 11.9. The lowest BCUT2D eigenvalue weighted by molar-refractivity contribution is -0.130. The summed E-state index contributed by atoms with van der Waals surface area (Å²) in [4.78, 5) is 27.2. The number of carbonyl (C=O) groups excluding carboxylic acids is 2. The molecule has 1 aliphatic heterocycles. The van der Waals surface area contributed by atoms with Crippen molar-refractivity contribution in [2.24, 2.45) is 5.41 Å². The Hall–Kier alpha value is -2.92. The number of para-hydroxylation sites is 1. The predicted molar refractivity (Wildman–Crippen MR) is 116 cm³/mol. The number of anilines is 1. The van der Waals surface area contributed by atoms with E-state index in [1.807, 2.05) is 54.6 Å². The average molecular weight is 392 g/mol. The number of nitrogens with one attached hydrogen (secondary N) is 1. The van der Waals surface area contributed by atoms with E-state index < -0.39 is 5.41 Å². The number of nitrogens with zero attached hydrogens (tertiary/aromatic N) is 1. The van der Waals surface area contributed by atoms with E-state index in [1.165, 1.54) is 0 Å². The van der Waals surface area contributed by atoms with E-state index in [-0.39, 0.29) is 31.4 Å². The van der Waals surface area contributed by atoms with Crippen LogP contribution in [0.5, 0.6) is 0 Å². The Balaban J connectivity index is 1.76. The third-order valence-electron chi connectivity index (χ3n) is 5.33.